The third-order valence-electron chi connectivity index (χ3n) is 5.01. The minimum Gasteiger partial charge on any atom is -0.378 e. The predicted molar refractivity (Wildman–Crippen MR) is 109 cm³/mol. The fraction of sp³-hybridized carbons (Fsp3) is 0.364. The number of hydrogen-bond donors (Lipinski definition) is 0. The Labute approximate surface area is 156 Å². The van der Waals surface area contributed by atoms with E-state index in [0.29, 0.717) is 0 Å². The molecule has 3 rings (SSSR count). The van der Waals surface area contributed by atoms with Gasteiger partial charge in [0.15, 0.2) is 0 Å². The van der Waals surface area contributed by atoms with Crippen LogP contribution in [0.3, 0.4) is 0 Å². The number of rotatable bonds is 6. The van der Waals surface area contributed by atoms with Crippen LogP contribution >= 0.6 is 0 Å². The van der Waals surface area contributed by atoms with Crippen molar-refractivity contribution in [2.75, 3.05) is 19.0 Å². The summed E-state index contributed by atoms with van der Waals surface area (Å²) in [5.41, 5.74) is 8.72. The van der Waals surface area contributed by atoms with Crippen molar-refractivity contribution in [3.8, 4) is 16.9 Å². The summed E-state index contributed by atoms with van der Waals surface area (Å²) >= 11 is 0. The Balaban J connectivity index is 2.08. The van der Waals surface area contributed by atoms with Crippen LogP contribution in [0.15, 0.2) is 42.6 Å². The van der Waals surface area contributed by atoms with Crippen LogP contribution in [-0.4, -0.2) is 29.1 Å². The lowest BCUT2D eigenvalue weighted by molar-refractivity contribution is 0.802. The molecule has 0 radical (unpaired) electrons. The van der Waals surface area contributed by atoms with Crippen molar-refractivity contribution < 1.29 is 0 Å². The Morgan fingerprint density at radius 2 is 1.50 bits per heavy atom. The van der Waals surface area contributed by atoms with Crippen molar-refractivity contribution in [1.82, 2.24) is 15.0 Å². The van der Waals surface area contributed by atoms with Crippen LogP contribution in [0.1, 0.15) is 37.5 Å². The van der Waals surface area contributed by atoms with Gasteiger partial charge in [0.2, 0.25) is 0 Å². The molecule has 136 valence electrons. The van der Waals surface area contributed by atoms with E-state index < -0.39 is 0 Å². The molecule has 4 nitrogen and oxygen atoms in total. The molecule has 26 heavy (non-hydrogen) atoms. The molecule has 0 aliphatic heterocycles. The van der Waals surface area contributed by atoms with Gasteiger partial charge in [-0.3, -0.25) is 0 Å². The summed E-state index contributed by atoms with van der Waals surface area (Å²) in [7, 11) is 4.10. The summed E-state index contributed by atoms with van der Waals surface area (Å²) in [5, 5.41) is 8.57. The topological polar surface area (TPSA) is 34.0 Å². The highest BCUT2D eigenvalue weighted by molar-refractivity contribution is 5.64. The van der Waals surface area contributed by atoms with Crippen LogP contribution in [-0.2, 0) is 19.3 Å². The highest BCUT2D eigenvalue weighted by Gasteiger charge is 2.13. The maximum Gasteiger partial charge on any atom is 0.0944 e. The van der Waals surface area contributed by atoms with Gasteiger partial charge >= 0.3 is 0 Å². The summed E-state index contributed by atoms with van der Waals surface area (Å²) in [6, 6.07) is 13.1. The van der Waals surface area contributed by atoms with Gasteiger partial charge < -0.3 is 4.90 Å². The van der Waals surface area contributed by atoms with E-state index in [2.05, 4.69) is 86.5 Å². The van der Waals surface area contributed by atoms with E-state index in [9.17, 15) is 0 Å². The second-order valence-corrected chi connectivity index (χ2v) is 6.78. The molecule has 0 N–H and O–H groups in total. The maximum atomic E-state index is 4.38. The number of nitrogens with zero attached hydrogens (tertiary/aromatic N) is 4. The van der Waals surface area contributed by atoms with Gasteiger partial charge in [-0.2, -0.15) is 0 Å². The van der Waals surface area contributed by atoms with Crippen LogP contribution < -0.4 is 4.90 Å². The summed E-state index contributed by atoms with van der Waals surface area (Å²) in [4.78, 5) is 2.10. The quantitative estimate of drug-likeness (QED) is 0.648. The molecule has 2 aromatic carbocycles. The molecule has 0 unspecified atom stereocenters. The summed E-state index contributed by atoms with van der Waals surface area (Å²) in [5.74, 6) is 0. The maximum absolute atomic E-state index is 4.38. The van der Waals surface area contributed by atoms with Gasteiger partial charge in [0, 0.05) is 25.3 Å². The molecule has 0 aliphatic rings. The van der Waals surface area contributed by atoms with Crippen molar-refractivity contribution in [3.05, 3.63) is 59.3 Å². The molecule has 3 aromatic rings. The van der Waals surface area contributed by atoms with Crippen LogP contribution in [0.2, 0.25) is 0 Å². The van der Waals surface area contributed by atoms with E-state index in [1.807, 2.05) is 10.9 Å². The van der Waals surface area contributed by atoms with E-state index in [-0.39, 0.29) is 0 Å². The largest absolute Gasteiger partial charge is 0.378 e. The molecule has 0 amide bonds. The monoisotopic (exact) mass is 348 g/mol. The molecule has 4 heteroatoms. The standard InChI is InChI=1S/C22H28N4/c1-6-16-13-20(14-17(7-2)21(16)8-3)26-22(15-23-24-26)18-9-11-19(12-10-18)25(4)5/h9-15H,6-8H2,1-5H3. The first-order valence-electron chi connectivity index (χ1n) is 9.42. The van der Waals surface area contributed by atoms with Crippen molar-refractivity contribution in [3.63, 3.8) is 0 Å². The third kappa shape index (κ3) is 3.36. The lowest BCUT2D eigenvalue weighted by Gasteiger charge is -2.16. The lowest BCUT2D eigenvalue weighted by atomic mass is 9.94. The fourth-order valence-corrected chi connectivity index (χ4v) is 3.54. The first-order valence-corrected chi connectivity index (χ1v) is 9.42. The number of aromatic nitrogens is 3. The van der Waals surface area contributed by atoms with Gasteiger partial charge in [-0.1, -0.05) is 38.1 Å². The van der Waals surface area contributed by atoms with Crippen LogP contribution in [0.5, 0.6) is 0 Å². The van der Waals surface area contributed by atoms with Crippen molar-refractivity contribution in [2.24, 2.45) is 0 Å². The summed E-state index contributed by atoms with van der Waals surface area (Å²) in [6.45, 7) is 6.68. The van der Waals surface area contributed by atoms with Gasteiger partial charge in [0.25, 0.3) is 0 Å². The molecule has 1 heterocycles. The SMILES string of the molecule is CCc1cc(-n2nncc2-c2ccc(N(C)C)cc2)cc(CC)c1CC. The fourth-order valence-electron chi connectivity index (χ4n) is 3.54. The first-order chi connectivity index (χ1) is 12.6. The number of benzene rings is 2. The number of hydrogen-bond acceptors (Lipinski definition) is 3. The Morgan fingerprint density at radius 1 is 0.885 bits per heavy atom. The van der Waals surface area contributed by atoms with Crippen LogP contribution in [0.4, 0.5) is 5.69 Å². The highest BCUT2D eigenvalue weighted by Crippen LogP contribution is 2.27. The minimum absolute atomic E-state index is 1.02. The smallest absolute Gasteiger partial charge is 0.0944 e. The van der Waals surface area contributed by atoms with Crippen molar-refractivity contribution in [2.45, 2.75) is 40.0 Å². The summed E-state index contributed by atoms with van der Waals surface area (Å²) in [6.07, 6.45) is 4.98. The molecule has 0 bridgehead atoms. The van der Waals surface area contributed by atoms with Crippen LogP contribution in [0.25, 0.3) is 16.9 Å². The first kappa shape index (κ1) is 18.2. The lowest BCUT2D eigenvalue weighted by Crippen LogP contribution is -2.08. The van der Waals surface area contributed by atoms with Gasteiger partial charge in [-0.25, -0.2) is 4.68 Å². The minimum atomic E-state index is 1.02. The molecule has 0 saturated heterocycles. The van der Waals surface area contributed by atoms with Gasteiger partial charge in [-0.05, 0) is 60.2 Å². The van der Waals surface area contributed by atoms with Crippen molar-refractivity contribution >= 4 is 5.69 Å². The molecule has 1 aromatic heterocycles. The molecular formula is C22H28N4. The zero-order valence-corrected chi connectivity index (χ0v) is 16.5. The van der Waals surface area contributed by atoms with Gasteiger partial charge in [0.05, 0.1) is 17.6 Å². The molecule has 0 atom stereocenters. The number of anilines is 1. The van der Waals surface area contributed by atoms with Crippen molar-refractivity contribution in [1.29, 1.82) is 0 Å². The van der Waals surface area contributed by atoms with E-state index in [0.717, 1.165) is 36.2 Å². The predicted octanol–water partition coefficient (Wildman–Crippen LogP) is 4.69. The average molecular weight is 348 g/mol. The third-order valence-corrected chi connectivity index (χ3v) is 5.01. The Kier molecular flexibility index (Phi) is 5.40. The summed E-state index contributed by atoms with van der Waals surface area (Å²) < 4.78 is 1.96. The normalized spacial score (nSPS) is 11.0. The Morgan fingerprint density at radius 3 is 2.00 bits per heavy atom. The average Bonchev–Trinajstić information content (AvgIpc) is 3.16. The van der Waals surface area contributed by atoms with Gasteiger partial charge in [-0.15, -0.1) is 5.10 Å². The molecule has 0 spiro atoms. The zero-order chi connectivity index (χ0) is 18.7. The molecule has 0 fully saturated rings. The van der Waals surface area contributed by atoms with Gasteiger partial charge in [0.1, 0.15) is 0 Å². The number of aryl methyl sites for hydroxylation is 2. The van der Waals surface area contributed by atoms with E-state index >= 15 is 0 Å². The Hall–Kier alpha value is -2.62. The van der Waals surface area contributed by atoms with E-state index in [1.54, 1.807) is 0 Å². The molecular weight excluding hydrogens is 320 g/mol. The van der Waals surface area contributed by atoms with E-state index in [1.165, 1.54) is 22.4 Å². The van der Waals surface area contributed by atoms with Crippen LogP contribution in [0, 0.1) is 0 Å². The molecule has 0 aliphatic carbocycles. The second kappa shape index (κ2) is 7.73. The highest BCUT2D eigenvalue weighted by atomic mass is 15.4. The Bertz CT molecular complexity index is 850. The second-order valence-electron chi connectivity index (χ2n) is 6.78. The molecule has 0 saturated carbocycles. The zero-order valence-electron chi connectivity index (χ0n) is 16.5. The van der Waals surface area contributed by atoms with E-state index in [4.69, 9.17) is 0 Å².